The molecule has 102 valence electrons. The van der Waals surface area contributed by atoms with Crippen molar-refractivity contribution in [2.75, 3.05) is 13.7 Å². The van der Waals surface area contributed by atoms with Crippen LogP contribution in [0.5, 0.6) is 0 Å². The lowest BCUT2D eigenvalue weighted by atomic mass is 9.95. The van der Waals surface area contributed by atoms with Gasteiger partial charge in [0.2, 0.25) is 0 Å². The molecule has 1 aromatic carbocycles. The molecule has 1 atom stereocenters. The maximum absolute atomic E-state index is 12.0. The molecule has 1 unspecified atom stereocenters. The van der Waals surface area contributed by atoms with Crippen molar-refractivity contribution >= 4 is 11.9 Å². The van der Waals surface area contributed by atoms with Gasteiger partial charge in [0.15, 0.2) is 0 Å². The van der Waals surface area contributed by atoms with E-state index in [0.29, 0.717) is 19.6 Å². The monoisotopic (exact) mass is 261 g/mol. The summed E-state index contributed by atoms with van der Waals surface area (Å²) in [5.41, 5.74) is 0.430. The van der Waals surface area contributed by atoms with Crippen LogP contribution < -0.4 is 5.32 Å². The molecule has 1 fully saturated rings. The molecule has 0 spiro atoms. The molecule has 0 radical (unpaired) electrons. The van der Waals surface area contributed by atoms with E-state index >= 15 is 0 Å². The van der Waals surface area contributed by atoms with Gasteiger partial charge in [0, 0.05) is 26.7 Å². The first-order valence-corrected chi connectivity index (χ1v) is 6.28. The Morgan fingerprint density at radius 1 is 1.37 bits per heavy atom. The number of benzene rings is 1. The minimum absolute atomic E-state index is 0.215. The van der Waals surface area contributed by atoms with Gasteiger partial charge in [0.25, 0.3) is 0 Å². The van der Waals surface area contributed by atoms with Gasteiger partial charge < -0.3 is 9.64 Å². The summed E-state index contributed by atoms with van der Waals surface area (Å²) in [6.45, 7) is 2.91. The lowest BCUT2D eigenvalue weighted by Crippen LogP contribution is -2.47. The van der Waals surface area contributed by atoms with Crippen LogP contribution in [0.3, 0.4) is 0 Å². The number of nitrogens with one attached hydrogen (secondary N) is 2. The van der Waals surface area contributed by atoms with Crippen LogP contribution in [0.2, 0.25) is 0 Å². The number of rotatable bonds is 5. The van der Waals surface area contributed by atoms with Crippen LogP contribution in [0.15, 0.2) is 30.3 Å². The number of urea groups is 1. The van der Waals surface area contributed by atoms with Gasteiger partial charge >= 0.3 is 6.03 Å². The van der Waals surface area contributed by atoms with E-state index in [9.17, 15) is 4.79 Å². The molecule has 0 saturated carbocycles. The first-order chi connectivity index (χ1) is 9.08. The molecule has 2 N–H and O–H groups in total. The van der Waals surface area contributed by atoms with Crippen LogP contribution in [0.4, 0.5) is 4.79 Å². The summed E-state index contributed by atoms with van der Waals surface area (Å²) in [7, 11) is 1.62. The van der Waals surface area contributed by atoms with Crippen molar-refractivity contribution in [3.8, 4) is 0 Å². The molecule has 0 aliphatic carbocycles. The van der Waals surface area contributed by atoms with Gasteiger partial charge in [-0.3, -0.25) is 10.7 Å². The summed E-state index contributed by atoms with van der Waals surface area (Å²) >= 11 is 0. The van der Waals surface area contributed by atoms with Crippen molar-refractivity contribution in [3.63, 3.8) is 0 Å². The largest absolute Gasteiger partial charge is 0.385 e. The number of methoxy groups -OCH3 is 1. The fraction of sp³-hybridized carbons (Fsp3) is 0.429. The molecule has 0 aromatic heterocycles. The minimum atomic E-state index is -0.622. The first-order valence-electron chi connectivity index (χ1n) is 6.28. The molecule has 5 heteroatoms. The lowest BCUT2D eigenvalue weighted by molar-refractivity contribution is 0.130. The lowest BCUT2D eigenvalue weighted by Gasteiger charge is -2.33. The van der Waals surface area contributed by atoms with Crippen molar-refractivity contribution in [1.29, 1.82) is 5.41 Å². The van der Waals surface area contributed by atoms with E-state index in [2.05, 4.69) is 5.32 Å². The molecule has 1 saturated heterocycles. The number of nitrogens with zero attached hydrogens (tertiary/aromatic N) is 1. The predicted molar refractivity (Wildman–Crippen MR) is 73.1 cm³/mol. The molecule has 1 aliphatic heterocycles. The number of ether oxygens (including phenoxy) is 1. The number of carbonyl (C=O) groups excluding carboxylic acids is 1. The van der Waals surface area contributed by atoms with Crippen molar-refractivity contribution < 1.29 is 9.53 Å². The van der Waals surface area contributed by atoms with E-state index in [4.69, 9.17) is 10.1 Å². The average molecular weight is 261 g/mol. The van der Waals surface area contributed by atoms with E-state index in [1.807, 2.05) is 37.3 Å². The zero-order valence-corrected chi connectivity index (χ0v) is 11.3. The van der Waals surface area contributed by atoms with E-state index in [-0.39, 0.29) is 11.9 Å². The van der Waals surface area contributed by atoms with Crippen LogP contribution in [0.1, 0.15) is 18.9 Å². The highest BCUT2D eigenvalue weighted by Crippen LogP contribution is 2.27. The van der Waals surface area contributed by atoms with Gasteiger partial charge in [-0.15, -0.1) is 0 Å². The summed E-state index contributed by atoms with van der Waals surface area (Å²) in [4.78, 5) is 13.7. The van der Waals surface area contributed by atoms with Crippen LogP contribution in [0, 0.1) is 5.41 Å². The molecule has 1 aromatic rings. The zero-order valence-electron chi connectivity index (χ0n) is 11.3. The fourth-order valence-corrected chi connectivity index (χ4v) is 2.24. The SMILES string of the molecule is COCCC1(C)C(=N)NC(=O)N1Cc1ccccc1. The second kappa shape index (κ2) is 5.40. The van der Waals surface area contributed by atoms with E-state index in [1.54, 1.807) is 12.0 Å². The zero-order chi connectivity index (χ0) is 13.9. The highest BCUT2D eigenvalue weighted by Gasteiger charge is 2.45. The minimum Gasteiger partial charge on any atom is -0.385 e. The third-order valence-corrected chi connectivity index (χ3v) is 3.59. The van der Waals surface area contributed by atoms with Crippen molar-refractivity contribution in [2.45, 2.75) is 25.4 Å². The Balaban J connectivity index is 2.20. The smallest absolute Gasteiger partial charge is 0.323 e. The van der Waals surface area contributed by atoms with Gasteiger partial charge in [-0.05, 0) is 12.5 Å². The van der Waals surface area contributed by atoms with E-state index < -0.39 is 5.54 Å². The van der Waals surface area contributed by atoms with Gasteiger partial charge in [-0.1, -0.05) is 30.3 Å². The molecule has 2 rings (SSSR count). The quantitative estimate of drug-likeness (QED) is 0.851. The van der Waals surface area contributed by atoms with Crippen LogP contribution in [-0.4, -0.2) is 36.0 Å². The Kier molecular flexibility index (Phi) is 3.85. The van der Waals surface area contributed by atoms with E-state index in [0.717, 1.165) is 5.56 Å². The number of carbonyl (C=O) groups is 1. The Hall–Kier alpha value is -1.88. The summed E-state index contributed by atoms with van der Waals surface area (Å²) in [5.74, 6) is 0.241. The Labute approximate surface area is 113 Å². The predicted octanol–water partition coefficient (Wildman–Crippen LogP) is 1.98. The van der Waals surface area contributed by atoms with Crippen molar-refractivity contribution in [1.82, 2.24) is 10.2 Å². The van der Waals surface area contributed by atoms with Crippen molar-refractivity contribution in [2.24, 2.45) is 0 Å². The number of amidine groups is 1. The number of amides is 2. The Morgan fingerprint density at radius 2 is 2.05 bits per heavy atom. The van der Waals surface area contributed by atoms with Crippen LogP contribution in [-0.2, 0) is 11.3 Å². The molecule has 5 nitrogen and oxygen atoms in total. The normalized spacial score (nSPS) is 22.7. The maximum atomic E-state index is 12.0. The Morgan fingerprint density at radius 3 is 2.68 bits per heavy atom. The van der Waals surface area contributed by atoms with Gasteiger partial charge in [0.1, 0.15) is 11.4 Å². The molecule has 19 heavy (non-hydrogen) atoms. The Bertz CT molecular complexity index is 475. The van der Waals surface area contributed by atoms with Crippen LogP contribution in [0.25, 0.3) is 0 Å². The van der Waals surface area contributed by atoms with Crippen LogP contribution >= 0.6 is 0 Å². The average Bonchev–Trinajstić information content (AvgIpc) is 2.62. The first kappa shape index (κ1) is 13.5. The van der Waals surface area contributed by atoms with Gasteiger partial charge in [-0.2, -0.15) is 0 Å². The molecule has 2 amide bonds. The second-order valence-corrected chi connectivity index (χ2v) is 4.89. The summed E-state index contributed by atoms with van der Waals surface area (Å²) in [6.07, 6.45) is 0.605. The topological polar surface area (TPSA) is 65.4 Å². The molecular formula is C14H19N3O2. The molecule has 0 bridgehead atoms. The molecule has 1 aliphatic rings. The highest BCUT2D eigenvalue weighted by atomic mass is 16.5. The third-order valence-electron chi connectivity index (χ3n) is 3.59. The number of hydrogen-bond acceptors (Lipinski definition) is 3. The van der Waals surface area contributed by atoms with Crippen molar-refractivity contribution in [3.05, 3.63) is 35.9 Å². The fourth-order valence-electron chi connectivity index (χ4n) is 2.24. The number of hydrogen-bond donors (Lipinski definition) is 2. The highest BCUT2D eigenvalue weighted by molar-refractivity contribution is 6.08. The summed E-state index contributed by atoms with van der Waals surface area (Å²) < 4.78 is 5.09. The second-order valence-electron chi connectivity index (χ2n) is 4.89. The maximum Gasteiger partial charge on any atom is 0.323 e. The summed E-state index contributed by atoms with van der Waals surface area (Å²) in [5, 5.41) is 10.6. The molecule has 1 heterocycles. The standard InChI is InChI=1S/C14H19N3O2/c1-14(8-9-19-2)12(15)16-13(18)17(14)10-11-6-4-3-5-7-11/h3-7H,8-10H2,1-2H3,(H2,15,16,18). The summed E-state index contributed by atoms with van der Waals surface area (Å²) in [6, 6.07) is 9.58. The van der Waals surface area contributed by atoms with Gasteiger partial charge in [-0.25, -0.2) is 4.79 Å². The van der Waals surface area contributed by atoms with Gasteiger partial charge in [0.05, 0.1) is 0 Å². The van der Waals surface area contributed by atoms with E-state index in [1.165, 1.54) is 0 Å². The molecular weight excluding hydrogens is 242 g/mol. The third kappa shape index (κ3) is 2.61.